The van der Waals surface area contributed by atoms with Crippen molar-refractivity contribution >= 4 is 0 Å². The zero-order valence-corrected chi connectivity index (χ0v) is 12.1. The largest absolute Gasteiger partial charge is 0.421 e. The molecule has 1 aliphatic rings. The third kappa shape index (κ3) is 2.90. The first-order chi connectivity index (χ1) is 9.72. The van der Waals surface area contributed by atoms with E-state index in [0.29, 0.717) is 17.8 Å². The van der Waals surface area contributed by atoms with Gasteiger partial charge >= 0.3 is 0 Å². The van der Waals surface area contributed by atoms with E-state index < -0.39 is 0 Å². The van der Waals surface area contributed by atoms with E-state index in [1.165, 1.54) is 30.4 Å². The summed E-state index contributed by atoms with van der Waals surface area (Å²) in [6, 6.07) is 6.97. The van der Waals surface area contributed by atoms with Crippen molar-refractivity contribution in [1.29, 1.82) is 0 Å². The fourth-order valence-electron chi connectivity index (χ4n) is 2.64. The molecule has 20 heavy (non-hydrogen) atoms. The fraction of sp³-hybridized carbons (Fsp3) is 0.500. The second-order valence-corrected chi connectivity index (χ2v) is 5.70. The molecule has 106 valence electrons. The second kappa shape index (κ2) is 5.75. The van der Waals surface area contributed by atoms with Crippen LogP contribution in [0.25, 0.3) is 11.5 Å². The summed E-state index contributed by atoms with van der Waals surface area (Å²) in [6.07, 6.45) is 4.40. The second-order valence-electron chi connectivity index (χ2n) is 5.70. The van der Waals surface area contributed by atoms with E-state index in [1.807, 2.05) is 0 Å². The Morgan fingerprint density at radius 3 is 2.90 bits per heavy atom. The highest BCUT2D eigenvalue weighted by Gasteiger charge is 2.14. The smallest absolute Gasteiger partial charge is 0.247 e. The van der Waals surface area contributed by atoms with Gasteiger partial charge in [-0.2, -0.15) is 0 Å². The van der Waals surface area contributed by atoms with E-state index in [2.05, 4.69) is 47.6 Å². The average Bonchev–Trinajstić information content (AvgIpc) is 3.05. The Morgan fingerprint density at radius 2 is 2.05 bits per heavy atom. The predicted octanol–water partition coefficient (Wildman–Crippen LogP) is 2.77. The van der Waals surface area contributed by atoms with Crippen molar-refractivity contribution in [1.82, 2.24) is 15.5 Å². The number of rotatable bonds is 5. The number of hydrogen-bond donors (Lipinski definition) is 1. The first-order valence-corrected chi connectivity index (χ1v) is 7.40. The molecule has 4 nitrogen and oxygen atoms in total. The van der Waals surface area contributed by atoms with Crippen LogP contribution in [-0.2, 0) is 19.3 Å². The lowest BCUT2D eigenvalue weighted by atomic mass is 10.1. The number of aryl methyl sites for hydroxylation is 2. The van der Waals surface area contributed by atoms with Crippen molar-refractivity contribution in [2.45, 2.75) is 45.6 Å². The van der Waals surface area contributed by atoms with Crippen LogP contribution in [0, 0.1) is 0 Å². The van der Waals surface area contributed by atoms with Crippen LogP contribution >= 0.6 is 0 Å². The quantitative estimate of drug-likeness (QED) is 0.908. The molecule has 1 N–H and O–H groups in total. The van der Waals surface area contributed by atoms with Gasteiger partial charge in [0.2, 0.25) is 11.8 Å². The van der Waals surface area contributed by atoms with Gasteiger partial charge in [0, 0.05) is 24.6 Å². The van der Waals surface area contributed by atoms with Gasteiger partial charge in [-0.05, 0) is 42.5 Å². The monoisotopic (exact) mass is 271 g/mol. The van der Waals surface area contributed by atoms with E-state index in [4.69, 9.17) is 4.42 Å². The summed E-state index contributed by atoms with van der Waals surface area (Å²) in [5, 5.41) is 11.6. The molecule has 1 heterocycles. The molecule has 0 unspecified atom stereocenters. The Morgan fingerprint density at radius 1 is 1.20 bits per heavy atom. The summed E-state index contributed by atoms with van der Waals surface area (Å²) in [4.78, 5) is 0. The standard InChI is InChI=1S/C16H21N3O/c1-11(2)17-9-8-15-18-19-16(20-15)14-7-6-12-4-3-5-13(12)10-14/h6-7,10-11,17H,3-5,8-9H2,1-2H3. The maximum absolute atomic E-state index is 5.75. The molecule has 0 spiro atoms. The Labute approximate surface area is 119 Å². The van der Waals surface area contributed by atoms with Crippen molar-refractivity contribution in [2.75, 3.05) is 6.54 Å². The lowest BCUT2D eigenvalue weighted by Crippen LogP contribution is -2.25. The number of nitrogens with zero attached hydrogens (tertiary/aromatic N) is 2. The summed E-state index contributed by atoms with van der Waals surface area (Å²) in [7, 11) is 0. The van der Waals surface area contributed by atoms with Gasteiger partial charge in [0.15, 0.2) is 0 Å². The molecule has 1 aliphatic carbocycles. The van der Waals surface area contributed by atoms with Crippen LogP contribution in [0.15, 0.2) is 22.6 Å². The van der Waals surface area contributed by atoms with Crippen molar-refractivity contribution in [3.8, 4) is 11.5 Å². The fourth-order valence-corrected chi connectivity index (χ4v) is 2.64. The summed E-state index contributed by atoms with van der Waals surface area (Å²) in [6.45, 7) is 5.12. The van der Waals surface area contributed by atoms with E-state index in [1.54, 1.807) is 0 Å². The molecule has 1 aromatic heterocycles. The van der Waals surface area contributed by atoms with Crippen LogP contribution in [-0.4, -0.2) is 22.8 Å². The van der Waals surface area contributed by atoms with Crippen molar-refractivity contribution in [3.05, 3.63) is 35.2 Å². The van der Waals surface area contributed by atoms with Crippen LogP contribution in [0.3, 0.4) is 0 Å². The van der Waals surface area contributed by atoms with E-state index in [0.717, 1.165) is 18.5 Å². The van der Waals surface area contributed by atoms with Crippen LogP contribution in [0.1, 0.15) is 37.3 Å². The SMILES string of the molecule is CC(C)NCCc1nnc(-c2ccc3c(c2)CCC3)o1. The zero-order valence-electron chi connectivity index (χ0n) is 12.1. The molecular formula is C16H21N3O. The van der Waals surface area contributed by atoms with Gasteiger partial charge in [-0.1, -0.05) is 19.9 Å². The lowest BCUT2D eigenvalue weighted by Gasteiger charge is -2.04. The average molecular weight is 271 g/mol. The third-order valence-electron chi connectivity index (χ3n) is 3.70. The maximum Gasteiger partial charge on any atom is 0.247 e. The van der Waals surface area contributed by atoms with E-state index in [9.17, 15) is 0 Å². The van der Waals surface area contributed by atoms with E-state index >= 15 is 0 Å². The van der Waals surface area contributed by atoms with Crippen molar-refractivity contribution in [2.24, 2.45) is 0 Å². The highest BCUT2D eigenvalue weighted by Crippen LogP contribution is 2.27. The van der Waals surface area contributed by atoms with Gasteiger partial charge in [0.1, 0.15) is 0 Å². The summed E-state index contributed by atoms with van der Waals surface area (Å²) >= 11 is 0. The first kappa shape index (κ1) is 13.3. The van der Waals surface area contributed by atoms with Crippen LogP contribution < -0.4 is 5.32 Å². The molecule has 0 saturated carbocycles. The Bertz CT molecular complexity index is 589. The Hall–Kier alpha value is -1.68. The van der Waals surface area contributed by atoms with Gasteiger partial charge in [-0.25, -0.2) is 0 Å². The summed E-state index contributed by atoms with van der Waals surface area (Å²) in [5.74, 6) is 1.34. The topological polar surface area (TPSA) is 51.0 Å². The minimum atomic E-state index is 0.481. The van der Waals surface area contributed by atoms with Gasteiger partial charge in [0.25, 0.3) is 0 Å². The molecule has 2 aromatic rings. The van der Waals surface area contributed by atoms with Gasteiger partial charge in [-0.15, -0.1) is 10.2 Å². The number of benzene rings is 1. The normalized spacial score (nSPS) is 13.9. The third-order valence-corrected chi connectivity index (χ3v) is 3.70. The molecule has 0 atom stereocenters. The molecule has 0 aliphatic heterocycles. The van der Waals surface area contributed by atoms with Crippen LogP contribution in [0.5, 0.6) is 0 Å². The number of nitrogens with one attached hydrogen (secondary N) is 1. The minimum absolute atomic E-state index is 0.481. The summed E-state index contributed by atoms with van der Waals surface area (Å²) < 4.78 is 5.75. The van der Waals surface area contributed by atoms with Crippen LogP contribution in [0.2, 0.25) is 0 Å². The van der Waals surface area contributed by atoms with E-state index in [-0.39, 0.29) is 0 Å². The van der Waals surface area contributed by atoms with Gasteiger partial charge < -0.3 is 9.73 Å². The zero-order chi connectivity index (χ0) is 13.9. The molecule has 1 aromatic carbocycles. The highest BCUT2D eigenvalue weighted by molar-refractivity contribution is 5.56. The summed E-state index contributed by atoms with van der Waals surface area (Å²) in [5.41, 5.74) is 3.94. The van der Waals surface area contributed by atoms with Crippen LogP contribution in [0.4, 0.5) is 0 Å². The molecule has 0 bridgehead atoms. The van der Waals surface area contributed by atoms with Gasteiger partial charge in [-0.3, -0.25) is 0 Å². The van der Waals surface area contributed by atoms with Gasteiger partial charge in [0.05, 0.1) is 0 Å². The maximum atomic E-state index is 5.75. The van der Waals surface area contributed by atoms with Crippen molar-refractivity contribution < 1.29 is 4.42 Å². The number of aromatic nitrogens is 2. The first-order valence-electron chi connectivity index (χ1n) is 7.40. The highest BCUT2D eigenvalue weighted by atomic mass is 16.4. The minimum Gasteiger partial charge on any atom is -0.421 e. The molecular weight excluding hydrogens is 250 g/mol. The molecule has 0 saturated heterocycles. The predicted molar refractivity (Wildman–Crippen MR) is 78.6 cm³/mol. The molecule has 0 fully saturated rings. The molecule has 4 heteroatoms. The molecule has 0 radical (unpaired) electrons. The Kier molecular flexibility index (Phi) is 3.83. The molecule has 0 amide bonds. The number of fused-ring (bicyclic) bond motifs is 1. The lowest BCUT2D eigenvalue weighted by molar-refractivity contribution is 0.484. The Balaban J connectivity index is 1.70. The van der Waals surface area contributed by atoms with Crippen molar-refractivity contribution in [3.63, 3.8) is 0 Å². The molecule has 3 rings (SSSR count). The number of hydrogen-bond acceptors (Lipinski definition) is 4.